The van der Waals surface area contributed by atoms with Gasteiger partial charge in [-0.05, 0) is 0 Å². The van der Waals surface area contributed by atoms with Crippen molar-refractivity contribution >= 4 is 11.8 Å². The largest absolute Gasteiger partial charge is 0.493 e. The van der Waals surface area contributed by atoms with E-state index in [4.69, 9.17) is 5.11 Å². The van der Waals surface area contributed by atoms with Crippen LogP contribution in [-0.2, 0) is 0 Å². The Bertz CT molecular complexity index is 431. The molecule has 15 heavy (non-hydrogen) atoms. The van der Waals surface area contributed by atoms with Gasteiger partial charge in [-0.3, -0.25) is 4.79 Å². The number of nitrogens with zero attached hydrogens (tertiary/aromatic N) is 1. The standard InChI is InChI=1S/C10H12N2O2S/c1-2-3-4-5-6-15-10-11-8(13)7-9(14)12-10/h7H,2,5-6H2,1H3,(H2,11,12,13,14). The number of aromatic nitrogens is 2. The fourth-order valence-electron chi connectivity index (χ4n) is 0.903. The number of aromatic amines is 1. The van der Waals surface area contributed by atoms with E-state index in [1.54, 1.807) is 0 Å². The smallest absolute Gasteiger partial charge is 0.255 e. The molecule has 1 aromatic heterocycles. The minimum atomic E-state index is -0.343. The van der Waals surface area contributed by atoms with Crippen molar-refractivity contribution in [3.8, 4) is 17.7 Å². The Kier molecular flexibility index (Phi) is 4.78. The van der Waals surface area contributed by atoms with E-state index in [9.17, 15) is 4.79 Å². The summed E-state index contributed by atoms with van der Waals surface area (Å²) < 4.78 is 0. The molecule has 4 nitrogen and oxygen atoms in total. The van der Waals surface area contributed by atoms with Crippen molar-refractivity contribution in [3.05, 3.63) is 16.4 Å². The van der Waals surface area contributed by atoms with Crippen LogP contribution in [0.2, 0.25) is 0 Å². The van der Waals surface area contributed by atoms with E-state index in [2.05, 4.69) is 21.8 Å². The Morgan fingerprint density at radius 2 is 2.40 bits per heavy atom. The minimum Gasteiger partial charge on any atom is -0.493 e. The summed E-state index contributed by atoms with van der Waals surface area (Å²) in [7, 11) is 0. The molecule has 0 aliphatic carbocycles. The molecule has 2 N–H and O–H groups in total. The summed E-state index contributed by atoms with van der Waals surface area (Å²) in [5.41, 5.74) is -0.343. The first-order chi connectivity index (χ1) is 7.22. The van der Waals surface area contributed by atoms with Gasteiger partial charge in [0.25, 0.3) is 5.56 Å². The maximum Gasteiger partial charge on any atom is 0.255 e. The molecule has 0 radical (unpaired) electrons. The predicted molar refractivity (Wildman–Crippen MR) is 59.9 cm³/mol. The molecule has 1 rings (SSSR count). The molecule has 80 valence electrons. The van der Waals surface area contributed by atoms with Crippen LogP contribution in [0.5, 0.6) is 5.88 Å². The van der Waals surface area contributed by atoms with Gasteiger partial charge in [0.2, 0.25) is 5.88 Å². The summed E-state index contributed by atoms with van der Waals surface area (Å²) in [6.07, 6.45) is 1.60. The predicted octanol–water partition coefficient (Wildman–Crippen LogP) is 1.37. The molecule has 0 unspecified atom stereocenters. The van der Waals surface area contributed by atoms with Crippen molar-refractivity contribution in [3.63, 3.8) is 0 Å². The first-order valence-electron chi connectivity index (χ1n) is 4.61. The van der Waals surface area contributed by atoms with E-state index >= 15 is 0 Å². The lowest BCUT2D eigenvalue weighted by molar-refractivity contribution is 0.444. The molecule has 0 saturated carbocycles. The third-order valence-electron chi connectivity index (χ3n) is 1.47. The molecule has 0 fully saturated rings. The molecule has 0 aliphatic rings. The second kappa shape index (κ2) is 6.14. The summed E-state index contributed by atoms with van der Waals surface area (Å²) in [4.78, 5) is 17.2. The number of hydrogen-bond donors (Lipinski definition) is 2. The zero-order chi connectivity index (χ0) is 11.1. The van der Waals surface area contributed by atoms with Crippen molar-refractivity contribution in [2.45, 2.75) is 24.9 Å². The molecule has 0 amide bonds. The number of thioether (sulfide) groups is 1. The summed E-state index contributed by atoms with van der Waals surface area (Å²) in [5, 5.41) is 9.49. The summed E-state index contributed by atoms with van der Waals surface area (Å²) in [5.74, 6) is 6.43. The molecule has 0 bridgehead atoms. The number of H-pyrrole nitrogens is 1. The molecule has 1 heterocycles. The van der Waals surface area contributed by atoms with Crippen LogP contribution in [0.15, 0.2) is 16.0 Å². The van der Waals surface area contributed by atoms with Crippen molar-refractivity contribution in [2.75, 3.05) is 5.75 Å². The second-order valence-corrected chi connectivity index (χ2v) is 3.80. The average Bonchev–Trinajstić information content (AvgIpc) is 2.16. The highest BCUT2D eigenvalue weighted by Crippen LogP contribution is 2.13. The molecule has 1 aromatic rings. The third kappa shape index (κ3) is 4.56. The van der Waals surface area contributed by atoms with E-state index in [-0.39, 0.29) is 11.4 Å². The average molecular weight is 224 g/mol. The van der Waals surface area contributed by atoms with E-state index in [1.807, 2.05) is 6.92 Å². The van der Waals surface area contributed by atoms with E-state index in [0.29, 0.717) is 5.16 Å². The monoisotopic (exact) mass is 224 g/mol. The van der Waals surface area contributed by atoms with E-state index < -0.39 is 0 Å². The number of nitrogens with one attached hydrogen (secondary N) is 1. The van der Waals surface area contributed by atoms with Gasteiger partial charge in [-0.2, -0.15) is 4.98 Å². The first-order valence-corrected chi connectivity index (χ1v) is 5.59. The Labute approximate surface area is 92.1 Å². The fraction of sp³-hybridized carbons (Fsp3) is 0.400. The topological polar surface area (TPSA) is 66.0 Å². The van der Waals surface area contributed by atoms with Gasteiger partial charge >= 0.3 is 0 Å². The molecule has 0 atom stereocenters. The van der Waals surface area contributed by atoms with Gasteiger partial charge in [-0.1, -0.05) is 18.7 Å². The molecule has 0 spiro atoms. The highest BCUT2D eigenvalue weighted by molar-refractivity contribution is 7.99. The first kappa shape index (κ1) is 11.7. The van der Waals surface area contributed by atoms with E-state index in [1.165, 1.54) is 11.8 Å². The van der Waals surface area contributed by atoms with Crippen molar-refractivity contribution in [2.24, 2.45) is 0 Å². The number of rotatable bonds is 3. The summed E-state index contributed by atoms with van der Waals surface area (Å²) in [6.45, 7) is 1.99. The van der Waals surface area contributed by atoms with Crippen molar-refractivity contribution < 1.29 is 5.11 Å². The van der Waals surface area contributed by atoms with Gasteiger partial charge in [0.1, 0.15) is 0 Å². The lowest BCUT2D eigenvalue weighted by Gasteiger charge is -1.97. The number of aromatic hydroxyl groups is 1. The van der Waals surface area contributed by atoms with E-state index in [0.717, 1.165) is 24.7 Å². The van der Waals surface area contributed by atoms with Crippen LogP contribution in [0.4, 0.5) is 0 Å². The van der Waals surface area contributed by atoms with Gasteiger partial charge in [0.05, 0.1) is 6.07 Å². The van der Waals surface area contributed by atoms with Crippen LogP contribution in [-0.4, -0.2) is 20.8 Å². The summed E-state index contributed by atoms with van der Waals surface area (Å²) in [6, 6.07) is 1.04. The maximum atomic E-state index is 10.9. The Morgan fingerprint density at radius 3 is 3.07 bits per heavy atom. The Balaban J connectivity index is 2.47. The second-order valence-electron chi connectivity index (χ2n) is 2.71. The molecule has 5 heteroatoms. The fourth-order valence-corrected chi connectivity index (χ4v) is 1.63. The third-order valence-corrected chi connectivity index (χ3v) is 2.35. The van der Waals surface area contributed by atoms with Crippen LogP contribution in [0.3, 0.4) is 0 Å². The van der Waals surface area contributed by atoms with Crippen molar-refractivity contribution in [1.82, 2.24) is 9.97 Å². The SMILES string of the molecule is CCC#CCCSc1nc(O)cc(=O)[nH]1. The Hall–Kier alpha value is -1.41. The summed E-state index contributed by atoms with van der Waals surface area (Å²) >= 11 is 1.37. The van der Waals surface area contributed by atoms with Gasteiger partial charge in [0, 0.05) is 18.6 Å². The lowest BCUT2D eigenvalue weighted by Crippen LogP contribution is -2.06. The molecular formula is C10H12N2O2S. The molecule has 0 aliphatic heterocycles. The number of hydrogen-bond acceptors (Lipinski definition) is 4. The highest BCUT2D eigenvalue weighted by atomic mass is 32.2. The van der Waals surface area contributed by atoms with Crippen LogP contribution in [0.25, 0.3) is 0 Å². The quantitative estimate of drug-likeness (QED) is 0.352. The molecular weight excluding hydrogens is 212 g/mol. The zero-order valence-corrected chi connectivity index (χ0v) is 9.23. The van der Waals surface area contributed by atoms with Gasteiger partial charge in [0.15, 0.2) is 5.16 Å². The van der Waals surface area contributed by atoms with Crippen molar-refractivity contribution in [1.29, 1.82) is 0 Å². The Morgan fingerprint density at radius 1 is 1.60 bits per heavy atom. The normalized spacial score (nSPS) is 9.40. The van der Waals surface area contributed by atoms with Crippen LogP contribution in [0.1, 0.15) is 19.8 Å². The lowest BCUT2D eigenvalue weighted by atomic mass is 10.4. The van der Waals surface area contributed by atoms with Crippen LogP contribution >= 0.6 is 11.8 Å². The van der Waals surface area contributed by atoms with Gasteiger partial charge in [-0.15, -0.1) is 11.8 Å². The maximum absolute atomic E-state index is 10.9. The van der Waals surface area contributed by atoms with Gasteiger partial charge in [-0.25, -0.2) is 0 Å². The van der Waals surface area contributed by atoms with Crippen LogP contribution < -0.4 is 5.56 Å². The van der Waals surface area contributed by atoms with Gasteiger partial charge < -0.3 is 10.1 Å². The molecule has 0 aromatic carbocycles. The van der Waals surface area contributed by atoms with Crippen LogP contribution in [0, 0.1) is 11.8 Å². The zero-order valence-electron chi connectivity index (χ0n) is 8.41. The minimum absolute atomic E-state index is 0.249. The molecule has 0 saturated heterocycles. The highest BCUT2D eigenvalue weighted by Gasteiger charge is 1.99.